The monoisotopic (exact) mass is 427 g/mol. The number of hydrogen-bond acceptors (Lipinski definition) is 5. The van der Waals surface area contributed by atoms with Crippen LogP contribution in [0, 0.1) is 0 Å². The Labute approximate surface area is 185 Å². The second kappa shape index (κ2) is 12.6. The summed E-state index contributed by atoms with van der Waals surface area (Å²) in [6.07, 6.45) is 1.76. The van der Waals surface area contributed by atoms with Crippen molar-refractivity contribution in [3.63, 3.8) is 0 Å². The Morgan fingerprint density at radius 1 is 0.871 bits per heavy atom. The molecule has 0 saturated heterocycles. The van der Waals surface area contributed by atoms with Gasteiger partial charge in [-0.25, -0.2) is 0 Å². The molecule has 0 aliphatic rings. The van der Waals surface area contributed by atoms with Gasteiger partial charge in [-0.1, -0.05) is 19.9 Å². The number of carbonyl (C=O) groups excluding carboxylic acids is 2. The highest BCUT2D eigenvalue weighted by atomic mass is 16.5. The van der Waals surface area contributed by atoms with Gasteiger partial charge < -0.3 is 19.1 Å². The summed E-state index contributed by atoms with van der Waals surface area (Å²) in [6, 6.07) is 12.6. The van der Waals surface area contributed by atoms with Gasteiger partial charge in [0.05, 0.1) is 13.2 Å². The van der Waals surface area contributed by atoms with Crippen LogP contribution in [-0.2, 0) is 11.3 Å². The lowest BCUT2D eigenvalue weighted by Gasteiger charge is -2.23. The van der Waals surface area contributed by atoms with Crippen molar-refractivity contribution in [1.29, 1.82) is 0 Å². The Morgan fingerprint density at radius 2 is 1.61 bits per heavy atom. The van der Waals surface area contributed by atoms with Gasteiger partial charge in [-0.15, -0.1) is 0 Å². The number of hydrogen-bond donors (Lipinski definition) is 0. The maximum atomic E-state index is 12.8. The van der Waals surface area contributed by atoms with Crippen molar-refractivity contribution in [2.75, 3.05) is 26.4 Å². The summed E-state index contributed by atoms with van der Waals surface area (Å²) >= 11 is 0. The standard InChI is InChI=1S/C25H33NO5/c1-5-14-26(25(28)18-31-22-11-9-21(10-12-22)19(4)27)17-20-8-13-23(30-15-6-2)24(16-20)29-7-3/h8-13,16H,5-7,14-15,17-18H2,1-4H3. The van der Waals surface area contributed by atoms with E-state index in [9.17, 15) is 9.59 Å². The maximum absolute atomic E-state index is 12.8. The predicted octanol–water partition coefficient (Wildman–Crippen LogP) is 4.89. The Morgan fingerprint density at radius 3 is 2.23 bits per heavy atom. The van der Waals surface area contributed by atoms with Crippen LogP contribution in [0.2, 0.25) is 0 Å². The Balaban J connectivity index is 2.04. The molecule has 0 N–H and O–H groups in total. The second-order valence-electron chi connectivity index (χ2n) is 7.25. The van der Waals surface area contributed by atoms with Gasteiger partial charge in [0, 0.05) is 18.7 Å². The molecule has 6 nitrogen and oxygen atoms in total. The van der Waals surface area contributed by atoms with Gasteiger partial charge in [0.1, 0.15) is 5.75 Å². The third-order valence-corrected chi connectivity index (χ3v) is 4.61. The number of nitrogens with zero attached hydrogens (tertiary/aromatic N) is 1. The Kier molecular flexibility index (Phi) is 9.88. The lowest BCUT2D eigenvalue weighted by molar-refractivity contribution is -0.134. The first-order chi connectivity index (χ1) is 15.0. The Bertz CT molecular complexity index is 847. The minimum atomic E-state index is -0.0956. The summed E-state index contributed by atoms with van der Waals surface area (Å²) < 4.78 is 17.1. The molecule has 0 unspecified atom stereocenters. The smallest absolute Gasteiger partial charge is 0.260 e. The van der Waals surface area contributed by atoms with Crippen LogP contribution in [-0.4, -0.2) is 43.0 Å². The molecule has 2 aromatic rings. The molecule has 168 valence electrons. The molecule has 6 heteroatoms. The van der Waals surface area contributed by atoms with Crippen molar-refractivity contribution in [1.82, 2.24) is 4.90 Å². The number of ether oxygens (including phenoxy) is 3. The zero-order valence-corrected chi connectivity index (χ0v) is 19.0. The van der Waals surface area contributed by atoms with Gasteiger partial charge in [-0.3, -0.25) is 9.59 Å². The van der Waals surface area contributed by atoms with Crippen molar-refractivity contribution in [3.05, 3.63) is 53.6 Å². The van der Waals surface area contributed by atoms with Crippen molar-refractivity contribution in [2.45, 2.75) is 47.1 Å². The van der Waals surface area contributed by atoms with Crippen LogP contribution >= 0.6 is 0 Å². The number of ketones is 1. The van der Waals surface area contributed by atoms with Crippen LogP contribution in [0.5, 0.6) is 17.2 Å². The predicted molar refractivity (Wildman–Crippen MR) is 121 cm³/mol. The van der Waals surface area contributed by atoms with Crippen LogP contribution < -0.4 is 14.2 Å². The molecule has 0 bridgehead atoms. The summed E-state index contributed by atoms with van der Waals surface area (Å²) in [5.74, 6) is 1.87. The first-order valence-corrected chi connectivity index (χ1v) is 10.9. The minimum Gasteiger partial charge on any atom is -0.490 e. The summed E-state index contributed by atoms with van der Waals surface area (Å²) in [5.41, 5.74) is 1.59. The fourth-order valence-electron chi connectivity index (χ4n) is 3.05. The van der Waals surface area contributed by atoms with E-state index >= 15 is 0 Å². The normalized spacial score (nSPS) is 10.5. The van der Waals surface area contributed by atoms with Crippen molar-refractivity contribution >= 4 is 11.7 Å². The number of rotatable bonds is 13. The van der Waals surface area contributed by atoms with Gasteiger partial charge in [0.2, 0.25) is 0 Å². The SMILES string of the molecule is CCCOc1ccc(CN(CCC)C(=O)COc2ccc(C(C)=O)cc2)cc1OCC. The fourth-order valence-corrected chi connectivity index (χ4v) is 3.05. The minimum absolute atomic E-state index is 0.00529. The molecular weight excluding hydrogens is 394 g/mol. The van der Waals surface area contributed by atoms with Gasteiger partial charge in [0.15, 0.2) is 23.9 Å². The van der Waals surface area contributed by atoms with E-state index in [0.717, 1.165) is 24.2 Å². The third kappa shape index (κ3) is 7.63. The highest BCUT2D eigenvalue weighted by Crippen LogP contribution is 2.29. The summed E-state index contributed by atoms with van der Waals surface area (Å²) in [5, 5.41) is 0. The first-order valence-electron chi connectivity index (χ1n) is 10.9. The van der Waals surface area contributed by atoms with Crippen LogP contribution in [0.15, 0.2) is 42.5 Å². The highest BCUT2D eigenvalue weighted by Gasteiger charge is 2.16. The van der Waals surface area contributed by atoms with Gasteiger partial charge in [-0.2, -0.15) is 0 Å². The first kappa shape index (κ1) is 24.3. The zero-order chi connectivity index (χ0) is 22.6. The Hall–Kier alpha value is -3.02. The zero-order valence-electron chi connectivity index (χ0n) is 19.0. The molecule has 0 fully saturated rings. The quantitative estimate of drug-likeness (QED) is 0.426. The number of Topliss-reactive ketones (excluding diaryl/α,β-unsaturated/α-hetero) is 1. The van der Waals surface area contributed by atoms with E-state index in [4.69, 9.17) is 14.2 Å². The lowest BCUT2D eigenvalue weighted by atomic mass is 10.1. The van der Waals surface area contributed by atoms with E-state index < -0.39 is 0 Å². The third-order valence-electron chi connectivity index (χ3n) is 4.61. The van der Waals surface area contributed by atoms with Crippen molar-refractivity contribution in [3.8, 4) is 17.2 Å². The average Bonchev–Trinajstić information content (AvgIpc) is 2.77. The van der Waals surface area contributed by atoms with E-state index in [2.05, 4.69) is 6.92 Å². The maximum Gasteiger partial charge on any atom is 0.260 e. The summed E-state index contributed by atoms with van der Waals surface area (Å²) in [4.78, 5) is 26.0. The molecule has 0 aliphatic carbocycles. The fraction of sp³-hybridized carbons (Fsp3) is 0.440. The summed E-state index contributed by atoms with van der Waals surface area (Å²) in [6.45, 7) is 9.75. The average molecular weight is 428 g/mol. The van der Waals surface area contributed by atoms with Crippen molar-refractivity contribution in [2.24, 2.45) is 0 Å². The van der Waals surface area contributed by atoms with Crippen molar-refractivity contribution < 1.29 is 23.8 Å². The molecule has 31 heavy (non-hydrogen) atoms. The lowest BCUT2D eigenvalue weighted by Crippen LogP contribution is -2.35. The molecule has 2 rings (SSSR count). The van der Waals surface area contributed by atoms with Crippen LogP contribution in [0.4, 0.5) is 0 Å². The molecule has 0 spiro atoms. The molecule has 0 radical (unpaired) electrons. The molecular formula is C25H33NO5. The van der Waals surface area contributed by atoms with Crippen LogP contribution in [0.3, 0.4) is 0 Å². The molecule has 0 heterocycles. The largest absolute Gasteiger partial charge is 0.490 e. The molecule has 0 aromatic heterocycles. The van der Waals surface area contributed by atoms with Crippen LogP contribution in [0.1, 0.15) is 56.5 Å². The van der Waals surface area contributed by atoms with Gasteiger partial charge in [-0.05, 0) is 68.7 Å². The number of carbonyl (C=O) groups is 2. The number of benzene rings is 2. The topological polar surface area (TPSA) is 65.1 Å². The molecule has 2 aromatic carbocycles. The highest BCUT2D eigenvalue weighted by molar-refractivity contribution is 5.94. The van der Waals surface area contributed by atoms with E-state index in [1.807, 2.05) is 32.0 Å². The second-order valence-corrected chi connectivity index (χ2v) is 7.25. The van der Waals surface area contributed by atoms with Gasteiger partial charge >= 0.3 is 0 Å². The van der Waals surface area contributed by atoms with E-state index in [1.165, 1.54) is 6.92 Å². The van der Waals surface area contributed by atoms with E-state index in [1.54, 1.807) is 29.2 Å². The molecule has 0 saturated carbocycles. The molecule has 0 aliphatic heterocycles. The molecule has 0 atom stereocenters. The summed E-state index contributed by atoms with van der Waals surface area (Å²) in [7, 11) is 0. The van der Waals surface area contributed by atoms with E-state index in [0.29, 0.717) is 43.4 Å². The van der Waals surface area contributed by atoms with Gasteiger partial charge in [0.25, 0.3) is 5.91 Å². The van der Waals surface area contributed by atoms with E-state index in [-0.39, 0.29) is 18.3 Å². The number of amides is 1. The van der Waals surface area contributed by atoms with Crippen LogP contribution in [0.25, 0.3) is 0 Å². The molecule has 1 amide bonds.